The number of rotatable bonds is 6. The lowest BCUT2D eigenvalue weighted by atomic mass is 9.97. The van der Waals surface area contributed by atoms with Crippen LogP contribution in [0.4, 0.5) is 0 Å². The molecule has 12 heteroatoms. The Morgan fingerprint density at radius 2 is 1.38 bits per heavy atom. The second-order valence-electron chi connectivity index (χ2n) is 5.29. The summed E-state index contributed by atoms with van der Waals surface area (Å²) in [5.74, 6) is -2.92. The molecule has 1 heterocycles. The second-order valence-corrected chi connectivity index (χ2v) is 5.29. The molecule has 0 radical (unpaired) electrons. The average Bonchev–Trinajstić information content (AvgIpc) is 2.50. The van der Waals surface area contributed by atoms with Crippen LogP contribution in [0.2, 0.25) is 0 Å². The van der Waals surface area contributed by atoms with Gasteiger partial charge in [-0.05, 0) is 5.53 Å². The van der Waals surface area contributed by atoms with Gasteiger partial charge in [0.25, 0.3) is 0 Å². The highest BCUT2D eigenvalue weighted by molar-refractivity contribution is 5.68. The van der Waals surface area contributed by atoms with Crippen LogP contribution in [-0.4, -0.2) is 61.1 Å². The van der Waals surface area contributed by atoms with Gasteiger partial charge in [-0.25, -0.2) is 0 Å². The first-order valence-corrected chi connectivity index (χ1v) is 7.50. The summed E-state index contributed by atoms with van der Waals surface area (Å²) in [6.07, 6.45) is -6.52. The topological polar surface area (TPSA) is 163 Å². The molecule has 5 atom stereocenters. The van der Waals surface area contributed by atoms with E-state index in [2.05, 4.69) is 10.0 Å². The summed E-state index contributed by atoms with van der Waals surface area (Å²) in [6, 6.07) is 0. The summed E-state index contributed by atoms with van der Waals surface area (Å²) in [4.78, 5) is 48.0. The minimum absolute atomic E-state index is 0.380. The van der Waals surface area contributed by atoms with Crippen molar-refractivity contribution in [3.05, 3.63) is 10.4 Å². The molecule has 0 amide bonds. The van der Waals surface area contributed by atoms with Crippen molar-refractivity contribution in [2.24, 2.45) is 5.11 Å². The maximum Gasteiger partial charge on any atom is 0.303 e. The van der Waals surface area contributed by atoms with Crippen LogP contribution in [-0.2, 0) is 42.9 Å². The maximum absolute atomic E-state index is 11.5. The minimum atomic E-state index is -1.40. The van der Waals surface area contributed by atoms with Crippen molar-refractivity contribution in [3.8, 4) is 0 Å². The van der Waals surface area contributed by atoms with Crippen molar-refractivity contribution in [2.45, 2.75) is 58.3 Å². The molecule has 0 aromatic carbocycles. The molecule has 0 aliphatic carbocycles. The van der Waals surface area contributed by atoms with Crippen molar-refractivity contribution in [2.75, 3.05) is 6.61 Å². The third-order valence-electron chi connectivity index (χ3n) is 3.13. The first kappa shape index (κ1) is 21.2. The van der Waals surface area contributed by atoms with Crippen LogP contribution >= 0.6 is 0 Å². The van der Waals surface area contributed by atoms with E-state index in [0.29, 0.717) is 0 Å². The third kappa shape index (κ3) is 6.22. The largest absolute Gasteiger partial charge is 0.463 e. The molecule has 0 aromatic heterocycles. The first-order chi connectivity index (χ1) is 12.1. The molecule has 1 fully saturated rings. The van der Waals surface area contributed by atoms with Crippen molar-refractivity contribution < 1.29 is 42.9 Å². The SMILES string of the molecule is CC(=O)OC[C@H]1O[C@H](N=[N+]=[N-])[C@H](OC(C)=O)[C@@H](OC(C)=O)[C@@H]1OC(C)=O. The Bertz CT molecular complexity index is 617. The van der Waals surface area contributed by atoms with Crippen LogP contribution in [0, 0.1) is 0 Å². The first-order valence-electron chi connectivity index (χ1n) is 7.50. The van der Waals surface area contributed by atoms with Gasteiger partial charge in [0.05, 0.1) is 0 Å². The average molecular weight is 373 g/mol. The molecule has 144 valence electrons. The summed E-state index contributed by atoms with van der Waals surface area (Å²) in [5.41, 5.74) is 8.71. The fourth-order valence-corrected chi connectivity index (χ4v) is 2.35. The number of nitrogens with zero attached hydrogens (tertiary/aromatic N) is 3. The zero-order valence-electron chi connectivity index (χ0n) is 14.6. The molecule has 0 saturated carbocycles. The molecule has 26 heavy (non-hydrogen) atoms. The summed E-state index contributed by atoms with van der Waals surface area (Å²) in [5, 5.41) is 3.38. The minimum Gasteiger partial charge on any atom is -0.463 e. The molecular weight excluding hydrogens is 354 g/mol. The summed E-state index contributed by atoms with van der Waals surface area (Å²) >= 11 is 0. The highest BCUT2D eigenvalue weighted by Crippen LogP contribution is 2.29. The molecule has 0 N–H and O–H groups in total. The van der Waals surface area contributed by atoms with Gasteiger partial charge >= 0.3 is 23.9 Å². The molecule has 0 bridgehead atoms. The fourth-order valence-electron chi connectivity index (χ4n) is 2.35. The quantitative estimate of drug-likeness (QED) is 0.210. The van der Waals surface area contributed by atoms with E-state index in [9.17, 15) is 19.2 Å². The van der Waals surface area contributed by atoms with Gasteiger partial charge < -0.3 is 23.7 Å². The summed E-state index contributed by atoms with van der Waals surface area (Å²) in [6.45, 7) is 4.06. The van der Waals surface area contributed by atoms with E-state index in [1.54, 1.807) is 0 Å². The molecule has 1 rings (SSSR count). The van der Waals surface area contributed by atoms with Crippen LogP contribution in [0.1, 0.15) is 27.7 Å². The van der Waals surface area contributed by atoms with Gasteiger partial charge in [-0.1, -0.05) is 5.11 Å². The lowest BCUT2D eigenvalue weighted by Gasteiger charge is -2.43. The van der Waals surface area contributed by atoms with Crippen LogP contribution in [0.3, 0.4) is 0 Å². The summed E-state index contributed by atoms with van der Waals surface area (Å²) < 4.78 is 25.6. The molecule has 0 aromatic rings. The molecule has 1 aliphatic heterocycles. The lowest BCUT2D eigenvalue weighted by molar-refractivity contribution is -0.251. The number of hydrogen-bond donors (Lipinski definition) is 0. The highest BCUT2D eigenvalue weighted by Gasteiger charge is 2.51. The van der Waals surface area contributed by atoms with Crippen LogP contribution in [0.5, 0.6) is 0 Å². The van der Waals surface area contributed by atoms with E-state index < -0.39 is 54.5 Å². The molecular formula is C14H19N3O9. The Kier molecular flexibility index (Phi) is 7.81. The van der Waals surface area contributed by atoms with Gasteiger partial charge in [-0.15, -0.1) is 0 Å². The predicted molar refractivity (Wildman–Crippen MR) is 81.1 cm³/mol. The number of hydrogen-bond acceptors (Lipinski definition) is 10. The number of azide groups is 1. The zero-order valence-corrected chi connectivity index (χ0v) is 14.6. The molecule has 1 aliphatic rings. The predicted octanol–water partition coefficient (Wildman–Crippen LogP) is 0.380. The van der Waals surface area contributed by atoms with Crippen molar-refractivity contribution in [1.82, 2.24) is 0 Å². The Labute approximate surface area is 148 Å². The van der Waals surface area contributed by atoms with E-state index in [0.717, 1.165) is 27.7 Å². The van der Waals surface area contributed by atoms with E-state index in [1.165, 1.54) is 0 Å². The number of carbonyl (C=O) groups excluding carboxylic acids is 4. The van der Waals surface area contributed by atoms with Crippen LogP contribution in [0.15, 0.2) is 5.11 Å². The molecule has 0 spiro atoms. The zero-order chi connectivity index (χ0) is 19.9. The number of esters is 4. The van der Waals surface area contributed by atoms with Gasteiger partial charge in [-0.2, -0.15) is 0 Å². The Morgan fingerprint density at radius 1 is 0.885 bits per heavy atom. The van der Waals surface area contributed by atoms with E-state index in [-0.39, 0.29) is 6.61 Å². The van der Waals surface area contributed by atoms with Crippen LogP contribution < -0.4 is 0 Å². The summed E-state index contributed by atoms with van der Waals surface area (Å²) in [7, 11) is 0. The highest BCUT2D eigenvalue weighted by atomic mass is 16.7. The van der Waals surface area contributed by atoms with Crippen LogP contribution in [0.25, 0.3) is 10.4 Å². The molecule has 12 nitrogen and oxygen atoms in total. The molecule has 1 saturated heterocycles. The lowest BCUT2D eigenvalue weighted by Crippen LogP contribution is -2.61. The number of carbonyl (C=O) groups is 4. The smallest absolute Gasteiger partial charge is 0.303 e. The van der Waals surface area contributed by atoms with E-state index >= 15 is 0 Å². The monoisotopic (exact) mass is 373 g/mol. The van der Waals surface area contributed by atoms with Gasteiger partial charge in [0.15, 0.2) is 24.5 Å². The normalized spacial score (nSPS) is 27.5. The molecule has 0 unspecified atom stereocenters. The Hall–Kier alpha value is -2.85. The third-order valence-corrected chi connectivity index (χ3v) is 3.13. The van der Waals surface area contributed by atoms with E-state index in [4.69, 9.17) is 29.2 Å². The van der Waals surface area contributed by atoms with Crippen molar-refractivity contribution >= 4 is 23.9 Å². The standard InChI is InChI=1S/C14H19N3O9/c1-6(18)22-5-10-11(23-7(2)19)12(24-8(3)20)13(25-9(4)21)14(26-10)16-17-15/h10-14H,5H2,1-4H3/t10-,11-,12+,13-,14+/m1/s1. The Morgan fingerprint density at radius 3 is 1.85 bits per heavy atom. The van der Waals surface area contributed by atoms with Crippen molar-refractivity contribution in [1.29, 1.82) is 0 Å². The maximum atomic E-state index is 11.5. The van der Waals surface area contributed by atoms with E-state index in [1.807, 2.05) is 0 Å². The fraction of sp³-hybridized carbons (Fsp3) is 0.714. The Balaban J connectivity index is 3.28. The second kappa shape index (κ2) is 9.59. The van der Waals surface area contributed by atoms with Gasteiger partial charge in [0.1, 0.15) is 12.7 Å². The van der Waals surface area contributed by atoms with Gasteiger partial charge in [0.2, 0.25) is 0 Å². The van der Waals surface area contributed by atoms with Crippen molar-refractivity contribution in [3.63, 3.8) is 0 Å². The van der Waals surface area contributed by atoms with Gasteiger partial charge in [-0.3, -0.25) is 19.2 Å². The van der Waals surface area contributed by atoms with Gasteiger partial charge in [0, 0.05) is 32.6 Å². The number of ether oxygens (including phenoxy) is 5.